The summed E-state index contributed by atoms with van der Waals surface area (Å²) in [5.41, 5.74) is 0. The molecule has 16 heavy (non-hydrogen) atoms. The van der Waals surface area contributed by atoms with E-state index in [1.165, 1.54) is 0 Å². The molecule has 0 rings (SSSR count). The van der Waals surface area contributed by atoms with E-state index in [1.54, 1.807) is 0 Å². The number of rotatable bonds is 11. The predicted molar refractivity (Wildman–Crippen MR) is 65.7 cm³/mol. The third-order valence-corrected chi connectivity index (χ3v) is 2.38. The van der Waals surface area contributed by atoms with E-state index in [-0.39, 0.29) is 6.10 Å². The minimum Gasteiger partial charge on any atom is -0.393 e. The summed E-state index contributed by atoms with van der Waals surface area (Å²) in [4.78, 5) is 2.28. The van der Waals surface area contributed by atoms with Gasteiger partial charge >= 0.3 is 0 Å². The maximum atomic E-state index is 9.26. The molecule has 0 aromatic carbocycles. The van der Waals surface area contributed by atoms with Crippen LogP contribution in [0.5, 0.6) is 0 Å². The van der Waals surface area contributed by atoms with Crippen LogP contribution < -0.4 is 0 Å². The van der Waals surface area contributed by atoms with Gasteiger partial charge in [-0.2, -0.15) is 0 Å². The Kier molecular flexibility index (Phi) is 11.2. The van der Waals surface area contributed by atoms with E-state index in [9.17, 15) is 5.11 Å². The molecule has 0 radical (unpaired) electrons. The van der Waals surface area contributed by atoms with E-state index >= 15 is 0 Å². The molecule has 1 N–H and O–H groups in total. The van der Waals surface area contributed by atoms with Crippen molar-refractivity contribution in [1.82, 2.24) is 4.90 Å². The average Bonchev–Trinajstić information content (AvgIpc) is 2.25. The molecule has 4 nitrogen and oxygen atoms in total. The Morgan fingerprint density at radius 1 is 1.00 bits per heavy atom. The van der Waals surface area contributed by atoms with Crippen molar-refractivity contribution in [1.29, 1.82) is 0 Å². The first-order valence-electron chi connectivity index (χ1n) is 6.26. The number of aliphatic hydroxyl groups is 1. The molecule has 0 aliphatic rings. The van der Waals surface area contributed by atoms with E-state index in [4.69, 9.17) is 9.47 Å². The van der Waals surface area contributed by atoms with Gasteiger partial charge in [0.15, 0.2) is 0 Å². The van der Waals surface area contributed by atoms with Crippen LogP contribution in [0, 0.1) is 0 Å². The first-order chi connectivity index (χ1) is 7.70. The molecular formula is C12H27NO3. The van der Waals surface area contributed by atoms with Gasteiger partial charge in [0.25, 0.3) is 0 Å². The molecule has 0 aliphatic carbocycles. The van der Waals surface area contributed by atoms with Crippen LogP contribution in [-0.2, 0) is 9.47 Å². The third kappa shape index (κ3) is 10.4. The van der Waals surface area contributed by atoms with Crippen molar-refractivity contribution in [3.8, 4) is 0 Å². The van der Waals surface area contributed by atoms with Crippen molar-refractivity contribution in [2.24, 2.45) is 0 Å². The zero-order valence-corrected chi connectivity index (χ0v) is 10.9. The second kappa shape index (κ2) is 11.3. The lowest BCUT2D eigenvalue weighted by atomic mass is 10.2. The molecule has 0 bridgehead atoms. The summed E-state index contributed by atoms with van der Waals surface area (Å²) in [6, 6.07) is 0. The predicted octanol–water partition coefficient (Wildman–Crippen LogP) is 1.13. The molecule has 0 saturated carbocycles. The minimum absolute atomic E-state index is 0.235. The van der Waals surface area contributed by atoms with Gasteiger partial charge in [0, 0.05) is 32.8 Å². The van der Waals surface area contributed by atoms with Crippen molar-refractivity contribution in [3.05, 3.63) is 0 Å². The van der Waals surface area contributed by atoms with Gasteiger partial charge in [0.05, 0.1) is 19.3 Å². The zero-order valence-electron chi connectivity index (χ0n) is 10.9. The van der Waals surface area contributed by atoms with Crippen LogP contribution in [0.1, 0.15) is 27.2 Å². The maximum Gasteiger partial charge on any atom is 0.0593 e. The highest BCUT2D eigenvalue weighted by Gasteiger charge is 2.06. The lowest BCUT2D eigenvalue weighted by Crippen LogP contribution is -2.33. The fraction of sp³-hybridized carbons (Fsp3) is 1.00. The summed E-state index contributed by atoms with van der Waals surface area (Å²) in [6.45, 7) is 11.6. The standard InChI is InChI=1S/C12H27NO3/c1-4-15-10-8-13(7-6-12(3)14)9-11-16-5-2/h12,14H,4-11H2,1-3H3. The second-order valence-corrected chi connectivity index (χ2v) is 3.87. The summed E-state index contributed by atoms with van der Waals surface area (Å²) >= 11 is 0. The van der Waals surface area contributed by atoms with Crippen molar-refractivity contribution in [2.45, 2.75) is 33.3 Å². The van der Waals surface area contributed by atoms with E-state index < -0.39 is 0 Å². The molecule has 0 fully saturated rings. The third-order valence-electron chi connectivity index (χ3n) is 2.38. The van der Waals surface area contributed by atoms with E-state index in [2.05, 4.69) is 4.90 Å². The normalized spacial score (nSPS) is 13.3. The maximum absolute atomic E-state index is 9.26. The van der Waals surface area contributed by atoms with Crippen LogP contribution in [0.15, 0.2) is 0 Å². The smallest absolute Gasteiger partial charge is 0.0593 e. The van der Waals surface area contributed by atoms with Crippen molar-refractivity contribution in [2.75, 3.05) is 46.1 Å². The molecule has 98 valence electrons. The van der Waals surface area contributed by atoms with E-state index in [0.717, 1.165) is 52.5 Å². The van der Waals surface area contributed by atoms with Gasteiger partial charge in [-0.1, -0.05) is 0 Å². The summed E-state index contributed by atoms with van der Waals surface area (Å²) in [6.07, 6.45) is 0.569. The molecule has 0 amide bonds. The highest BCUT2D eigenvalue weighted by molar-refractivity contribution is 4.59. The summed E-state index contributed by atoms with van der Waals surface area (Å²) in [5.74, 6) is 0. The van der Waals surface area contributed by atoms with Crippen molar-refractivity contribution >= 4 is 0 Å². The Morgan fingerprint density at radius 3 is 1.88 bits per heavy atom. The average molecular weight is 233 g/mol. The number of hydrogen-bond donors (Lipinski definition) is 1. The van der Waals surface area contributed by atoms with Gasteiger partial charge in [0.1, 0.15) is 0 Å². The summed E-state index contributed by atoms with van der Waals surface area (Å²) in [7, 11) is 0. The minimum atomic E-state index is -0.235. The molecule has 0 aromatic rings. The summed E-state index contributed by atoms with van der Waals surface area (Å²) < 4.78 is 10.7. The Hall–Kier alpha value is -0.160. The van der Waals surface area contributed by atoms with E-state index in [0.29, 0.717) is 0 Å². The highest BCUT2D eigenvalue weighted by Crippen LogP contribution is 1.96. The molecule has 0 aromatic heterocycles. The van der Waals surface area contributed by atoms with E-state index in [1.807, 2.05) is 20.8 Å². The van der Waals surface area contributed by atoms with Gasteiger partial charge in [-0.15, -0.1) is 0 Å². The molecule has 0 aliphatic heterocycles. The van der Waals surface area contributed by atoms with Crippen LogP contribution in [0.2, 0.25) is 0 Å². The van der Waals surface area contributed by atoms with Crippen LogP contribution in [0.3, 0.4) is 0 Å². The molecule has 0 saturated heterocycles. The highest BCUT2D eigenvalue weighted by atomic mass is 16.5. The van der Waals surface area contributed by atoms with Crippen molar-refractivity contribution in [3.63, 3.8) is 0 Å². The molecule has 4 heteroatoms. The Morgan fingerprint density at radius 2 is 1.50 bits per heavy atom. The van der Waals surface area contributed by atoms with Gasteiger partial charge in [-0.05, 0) is 27.2 Å². The Balaban J connectivity index is 3.67. The Labute approximate surface area is 99.5 Å². The van der Waals surface area contributed by atoms with Gasteiger partial charge < -0.3 is 14.6 Å². The number of nitrogens with zero attached hydrogens (tertiary/aromatic N) is 1. The fourth-order valence-corrected chi connectivity index (χ4v) is 1.38. The van der Waals surface area contributed by atoms with Gasteiger partial charge in [0.2, 0.25) is 0 Å². The van der Waals surface area contributed by atoms with Crippen LogP contribution >= 0.6 is 0 Å². The SMILES string of the molecule is CCOCCN(CCOCC)CCC(C)O. The van der Waals surface area contributed by atoms with Crippen LogP contribution in [-0.4, -0.2) is 62.2 Å². The van der Waals surface area contributed by atoms with Crippen LogP contribution in [0.25, 0.3) is 0 Å². The first kappa shape index (κ1) is 15.8. The molecule has 1 atom stereocenters. The Bertz CT molecular complexity index is 132. The molecular weight excluding hydrogens is 206 g/mol. The number of ether oxygens (including phenoxy) is 2. The van der Waals surface area contributed by atoms with Gasteiger partial charge in [-0.25, -0.2) is 0 Å². The lowest BCUT2D eigenvalue weighted by Gasteiger charge is -2.22. The fourth-order valence-electron chi connectivity index (χ4n) is 1.38. The number of aliphatic hydroxyl groups excluding tert-OH is 1. The second-order valence-electron chi connectivity index (χ2n) is 3.87. The van der Waals surface area contributed by atoms with Gasteiger partial charge in [-0.3, -0.25) is 4.90 Å². The quantitative estimate of drug-likeness (QED) is 0.543. The molecule has 0 heterocycles. The largest absolute Gasteiger partial charge is 0.393 e. The van der Waals surface area contributed by atoms with Crippen LogP contribution in [0.4, 0.5) is 0 Å². The molecule has 0 spiro atoms. The van der Waals surface area contributed by atoms with Crippen molar-refractivity contribution < 1.29 is 14.6 Å². The first-order valence-corrected chi connectivity index (χ1v) is 6.26. The zero-order chi connectivity index (χ0) is 12.2. The molecule has 1 unspecified atom stereocenters. The number of hydrogen-bond acceptors (Lipinski definition) is 4. The topological polar surface area (TPSA) is 41.9 Å². The monoisotopic (exact) mass is 233 g/mol. The summed E-state index contributed by atoms with van der Waals surface area (Å²) in [5, 5.41) is 9.26. The lowest BCUT2D eigenvalue weighted by molar-refractivity contribution is 0.0740.